The van der Waals surface area contributed by atoms with E-state index in [9.17, 15) is 9.18 Å². The Morgan fingerprint density at radius 1 is 1.16 bits per heavy atom. The molecule has 0 saturated heterocycles. The minimum atomic E-state index is -0.657. The van der Waals surface area contributed by atoms with Gasteiger partial charge in [0.25, 0.3) is 0 Å². The van der Waals surface area contributed by atoms with Crippen LogP contribution in [0, 0.1) is 11.2 Å². The minimum absolute atomic E-state index is 0.0146. The van der Waals surface area contributed by atoms with Crippen LogP contribution in [0.3, 0.4) is 0 Å². The van der Waals surface area contributed by atoms with E-state index in [2.05, 4.69) is 19.2 Å². The second-order valence-electron chi connectivity index (χ2n) is 9.04. The van der Waals surface area contributed by atoms with Gasteiger partial charge in [-0.15, -0.1) is 5.10 Å². The Labute approximate surface area is 186 Å². The van der Waals surface area contributed by atoms with Gasteiger partial charge in [-0.1, -0.05) is 32.0 Å². The fraction of sp³-hybridized carbons (Fsp3) is 0.320. The minimum Gasteiger partial charge on any atom is -0.494 e. The first-order valence-electron chi connectivity index (χ1n) is 10.8. The summed E-state index contributed by atoms with van der Waals surface area (Å²) in [5, 5.41) is 8.03. The van der Waals surface area contributed by atoms with E-state index in [0.29, 0.717) is 42.4 Å². The Kier molecular flexibility index (Phi) is 4.84. The normalized spacial score (nSPS) is 19.2. The topological polar surface area (TPSA) is 69.0 Å². The number of rotatable bonds is 4. The van der Waals surface area contributed by atoms with Gasteiger partial charge >= 0.3 is 0 Å². The number of hydrogen-bond acceptors (Lipinski definition) is 5. The van der Waals surface area contributed by atoms with Crippen molar-refractivity contribution >= 4 is 11.7 Å². The Morgan fingerprint density at radius 3 is 2.62 bits per heavy atom. The van der Waals surface area contributed by atoms with Gasteiger partial charge in [0.05, 0.1) is 6.61 Å². The molecule has 7 heteroatoms. The molecule has 5 rings (SSSR count). The highest BCUT2D eigenvalue weighted by atomic mass is 19.1. The van der Waals surface area contributed by atoms with Crippen molar-refractivity contribution in [3.8, 4) is 17.1 Å². The van der Waals surface area contributed by atoms with Crippen LogP contribution in [0.4, 0.5) is 10.3 Å². The van der Waals surface area contributed by atoms with Gasteiger partial charge in [0.2, 0.25) is 5.95 Å². The maximum atomic E-state index is 14.9. The second kappa shape index (κ2) is 7.58. The summed E-state index contributed by atoms with van der Waals surface area (Å²) in [6.45, 7) is 6.66. The Balaban J connectivity index is 1.63. The van der Waals surface area contributed by atoms with Gasteiger partial charge in [0.15, 0.2) is 11.6 Å². The van der Waals surface area contributed by atoms with Crippen LogP contribution in [-0.4, -0.2) is 27.2 Å². The molecule has 32 heavy (non-hydrogen) atoms. The maximum Gasteiger partial charge on any atom is 0.226 e. The first-order chi connectivity index (χ1) is 15.4. The van der Waals surface area contributed by atoms with Gasteiger partial charge in [-0.3, -0.25) is 4.79 Å². The van der Waals surface area contributed by atoms with E-state index < -0.39 is 6.04 Å². The van der Waals surface area contributed by atoms with E-state index in [1.165, 1.54) is 6.07 Å². The molecule has 0 radical (unpaired) electrons. The molecular weight excluding hydrogens is 407 g/mol. The molecule has 1 aliphatic carbocycles. The molecule has 1 unspecified atom stereocenters. The number of ketones is 1. The molecule has 1 aromatic heterocycles. The number of carbonyl (C=O) groups is 1. The number of ether oxygens (including phenoxy) is 1. The van der Waals surface area contributed by atoms with Crippen LogP contribution in [-0.2, 0) is 4.79 Å². The Morgan fingerprint density at radius 2 is 1.91 bits per heavy atom. The molecule has 164 valence electrons. The second-order valence-corrected chi connectivity index (χ2v) is 9.04. The number of benzene rings is 2. The third-order valence-corrected chi connectivity index (χ3v) is 5.96. The molecule has 0 saturated carbocycles. The number of halogens is 1. The highest BCUT2D eigenvalue weighted by Gasteiger charge is 2.42. The van der Waals surface area contributed by atoms with Crippen molar-refractivity contribution in [1.82, 2.24) is 14.8 Å². The molecule has 1 N–H and O–H groups in total. The number of aromatic nitrogens is 3. The number of carbonyl (C=O) groups excluding carboxylic acids is 1. The first kappa shape index (κ1) is 20.4. The Bertz CT molecular complexity index is 1230. The maximum absolute atomic E-state index is 14.9. The molecule has 0 fully saturated rings. The zero-order chi connectivity index (χ0) is 22.5. The molecule has 0 bridgehead atoms. The van der Waals surface area contributed by atoms with Gasteiger partial charge < -0.3 is 10.1 Å². The van der Waals surface area contributed by atoms with Crippen molar-refractivity contribution in [1.29, 1.82) is 0 Å². The van der Waals surface area contributed by atoms with Crippen LogP contribution < -0.4 is 10.1 Å². The lowest BCUT2D eigenvalue weighted by Gasteiger charge is -2.38. The highest BCUT2D eigenvalue weighted by molar-refractivity contribution is 6.00. The number of nitrogens with zero attached hydrogens (tertiary/aromatic N) is 3. The van der Waals surface area contributed by atoms with E-state index in [1.807, 2.05) is 31.2 Å². The van der Waals surface area contributed by atoms with E-state index >= 15 is 0 Å². The third kappa shape index (κ3) is 3.47. The zero-order valence-electron chi connectivity index (χ0n) is 18.4. The number of allylic oxidation sites excluding steroid dienone is 2. The molecule has 1 aliphatic heterocycles. The molecule has 0 spiro atoms. The molecule has 2 aliphatic rings. The lowest BCUT2D eigenvalue weighted by atomic mass is 9.73. The molecule has 1 atom stereocenters. The van der Waals surface area contributed by atoms with Crippen LogP contribution >= 0.6 is 0 Å². The van der Waals surface area contributed by atoms with Crippen molar-refractivity contribution in [2.45, 2.75) is 39.7 Å². The third-order valence-electron chi connectivity index (χ3n) is 5.96. The number of Topliss-reactive ketones (excluding diaryl/α,β-unsaturated/α-hetero) is 1. The average molecular weight is 432 g/mol. The molecule has 3 aromatic rings. The predicted octanol–water partition coefficient (Wildman–Crippen LogP) is 5.14. The van der Waals surface area contributed by atoms with Gasteiger partial charge in [-0.2, -0.15) is 4.98 Å². The molecule has 2 aromatic carbocycles. The molecule has 2 heterocycles. The summed E-state index contributed by atoms with van der Waals surface area (Å²) >= 11 is 0. The first-order valence-corrected chi connectivity index (χ1v) is 10.8. The Hall–Kier alpha value is -3.48. The number of hydrogen-bond donors (Lipinski definition) is 1. The lowest BCUT2D eigenvalue weighted by molar-refractivity contribution is -0.118. The number of anilines is 1. The van der Waals surface area contributed by atoms with Crippen molar-refractivity contribution in [2.75, 3.05) is 11.9 Å². The van der Waals surface area contributed by atoms with E-state index in [0.717, 1.165) is 17.0 Å². The van der Waals surface area contributed by atoms with Crippen LogP contribution in [0.15, 0.2) is 59.8 Å². The monoisotopic (exact) mass is 432 g/mol. The zero-order valence-corrected chi connectivity index (χ0v) is 18.4. The number of fused-ring (bicyclic) bond motifs is 1. The van der Waals surface area contributed by atoms with Crippen molar-refractivity contribution in [3.05, 3.63) is 71.2 Å². The van der Waals surface area contributed by atoms with Crippen LogP contribution in [0.5, 0.6) is 5.75 Å². The van der Waals surface area contributed by atoms with Gasteiger partial charge in [-0.25, -0.2) is 9.07 Å². The summed E-state index contributed by atoms with van der Waals surface area (Å²) in [4.78, 5) is 17.9. The quantitative estimate of drug-likeness (QED) is 0.618. The fourth-order valence-corrected chi connectivity index (χ4v) is 4.58. The van der Waals surface area contributed by atoms with Crippen molar-refractivity contribution in [2.24, 2.45) is 5.41 Å². The van der Waals surface area contributed by atoms with Gasteiger partial charge in [0.1, 0.15) is 17.6 Å². The van der Waals surface area contributed by atoms with Crippen LogP contribution in [0.1, 0.15) is 45.2 Å². The summed E-state index contributed by atoms with van der Waals surface area (Å²) in [6.07, 6.45) is 1.10. The van der Waals surface area contributed by atoms with Gasteiger partial charge in [-0.05, 0) is 49.1 Å². The summed E-state index contributed by atoms with van der Waals surface area (Å²) < 4.78 is 22.1. The van der Waals surface area contributed by atoms with E-state index in [4.69, 9.17) is 14.8 Å². The molecule has 6 nitrogen and oxygen atoms in total. The van der Waals surface area contributed by atoms with Crippen molar-refractivity contribution < 1.29 is 13.9 Å². The standard InChI is InChI=1S/C25H25FN4O2/c1-4-32-16-11-9-15(10-12-16)23-28-24-27-19-13-25(2,3)14-20(31)21(19)22(30(24)29-23)17-7-5-6-8-18(17)26/h5-12,22H,4,13-14H2,1-3H3,(H,27,28,29). The average Bonchev–Trinajstić information content (AvgIpc) is 3.16. The van der Waals surface area contributed by atoms with E-state index in [-0.39, 0.29) is 17.0 Å². The molecular formula is C25H25FN4O2. The fourth-order valence-electron chi connectivity index (χ4n) is 4.58. The summed E-state index contributed by atoms with van der Waals surface area (Å²) in [7, 11) is 0. The van der Waals surface area contributed by atoms with E-state index in [1.54, 1.807) is 22.9 Å². The summed E-state index contributed by atoms with van der Waals surface area (Å²) in [5.74, 6) is 1.43. The lowest BCUT2D eigenvalue weighted by Crippen LogP contribution is -2.36. The predicted molar refractivity (Wildman–Crippen MR) is 120 cm³/mol. The molecule has 0 amide bonds. The summed E-state index contributed by atoms with van der Waals surface area (Å²) in [5.41, 5.74) is 2.43. The highest BCUT2D eigenvalue weighted by Crippen LogP contribution is 2.46. The summed E-state index contributed by atoms with van der Waals surface area (Å²) in [6, 6.07) is 13.4. The van der Waals surface area contributed by atoms with Gasteiger partial charge in [0, 0.05) is 28.8 Å². The number of nitrogens with one attached hydrogen (secondary N) is 1. The van der Waals surface area contributed by atoms with Crippen LogP contribution in [0.25, 0.3) is 11.4 Å². The van der Waals surface area contributed by atoms with Crippen LogP contribution in [0.2, 0.25) is 0 Å². The largest absolute Gasteiger partial charge is 0.494 e. The SMILES string of the molecule is CCOc1ccc(-c2nc3n(n2)C(c2ccccc2F)C2=C(CC(C)(C)CC2=O)N3)cc1. The smallest absolute Gasteiger partial charge is 0.226 e. The van der Waals surface area contributed by atoms with Crippen molar-refractivity contribution in [3.63, 3.8) is 0 Å².